The van der Waals surface area contributed by atoms with Crippen molar-refractivity contribution in [2.24, 2.45) is 0 Å². The summed E-state index contributed by atoms with van der Waals surface area (Å²) in [4.78, 5) is 16.9. The van der Waals surface area contributed by atoms with Crippen molar-refractivity contribution in [1.82, 2.24) is 19.9 Å². The summed E-state index contributed by atoms with van der Waals surface area (Å²) in [5.41, 5.74) is 3.20. The molecule has 2 N–H and O–H groups in total. The molecule has 1 saturated carbocycles. The summed E-state index contributed by atoms with van der Waals surface area (Å²) < 4.78 is 16.8. The van der Waals surface area contributed by atoms with Gasteiger partial charge in [0.15, 0.2) is 5.65 Å². The molecule has 0 spiro atoms. The molecule has 1 fully saturated rings. The van der Waals surface area contributed by atoms with Crippen molar-refractivity contribution in [3.8, 4) is 11.3 Å². The van der Waals surface area contributed by atoms with Gasteiger partial charge in [-0.1, -0.05) is 24.3 Å². The first-order chi connectivity index (χ1) is 15.6. The van der Waals surface area contributed by atoms with E-state index in [2.05, 4.69) is 36.6 Å². The SMILES string of the molecule is O=C(NC1CCC1)c1ccc(CNc2cc(-c3ccccc3F)nc3c(Br)cnn23)cc1. The van der Waals surface area contributed by atoms with Gasteiger partial charge < -0.3 is 10.6 Å². The minimum atomic E-state index is -0.332. The first kappa shape index (κ1) is 20.6. The van der Waals surface area contributed by atoms with Gasteiger partial charge in [-0.2, -0.15) is 9.61 Å². The molecule has 2 aromatic heterocycles. The lowest BCUT2D eigenvalue weighted by atomic mass is 9.93. The van der Waals surface area contributed by atoms with Gasteiger partial charge in [0.25, 0.3) is 5.91 Å². The number of halogens is 2. The highest BCUT2D eigenvalue weighted by Gasteiger charge is 2.20. The zero-order chi connectivity index (χ0) is 22.1. The van der Waals surface area contributed by atoms with Gasteiger partial charge in [-0.3, -0.25) is 4.79 Å². The van der Waals surface area contributed by atoms with Gasteiger partial charge in [0, 0.05) is 29.8 Å². The third kappa shape index (κ3) is 4.10. The second kappa shape index (κ2) is 8.70. The van der Waals surface area contributed by atoms with Crippen molar-refractivity contribution in [3.63, 3.8) is 0 Å². The Hall–Kier alpha value is -3.26. The molecule has 0 saturated heterocycles. The number of hydrogen-bond acceptors (Lipinski definition) is 4. The number of fused-ring (bicyclic) bond motifs is 1. The predicted molar refractivity (Wildman–Crippen MR) is 125 cm³/mol. The van der Waals surface area contributed by atoms with Gasteiger partial charge in [0.05, 0.1) is 16.4 Å². The Balaban J connectivity index is 1.37. The summed E-state index contributed by atoms with van der Waals surface area (Å²) in [6, 6.07) is 16.2. The number of nitrogens with one attached hydrogen (secondary N) is 2. The van der Waals surface area contributed by atoms with E-state index in [1.807, 2.05) is 24.3 Å². The fourth-order valence-corrected chi connectivity index (χ4v) is 4.01. The molecule has 2 heterocycles. The summed E-state index contributed by atoms with van der Waals surface area (Å²) in [7, 11) is 0. The maximum Gasteiger partial charge on any atom is 0.251 e. The molecular formula is C24H21BrFN5O. The summed E-state index contributed by atoms with van der Waals surface area (Å²) in [6.45, 7) is 0.512. The van der Waals surface area contributed by atoms with Crippen LogP contribution in [0.1, 0.15) is 35.2 Å². The Morgan fingerprint density at radius 3 is 2.66 bits per heavy atom. The maximum absolute atomic E-state index is 14.4. The number of carbonyl (C=O) groups excluding carboxylic acids is 1. The van der Waals surface area contributed by atoms with Crippen LogP contribution >= 0.6 is 15.9 Å². The Labute approximate surface area is 193 Å². The summed E-state index contributed by atoms with van der Waals surface area (Å²) in [6.07, 6.45) is 4.97. The van der Waals surface area contributed by atoms with Crippen molar-refractivity contribution >= 4 is 33.3 Å². The van der Waals surface area contributed by atoms with E-state index in [4.69, 9.17) is 0 Å². The molecule has 162 valence electrons. The summed E-state index contributed by atoms with van der Waals surface area (Å²) in [5.74, 6) is 0.327. The molecule has 4 aromatic rings. The van der Waals surface area contributed by atoms with Crippen LogP contribution in [0.5, 0.6) is 0 Å². The molecule has 6 nitrogen and oxygen atoms in total. The number of rotatable bonds is 6. The molecular weight excluding hydrogens is 473 g/mol. The van der Waals surface area contributed by atoms with Crippen LogP contribution in [0.15, 0.2) is 65.3 Å². The number of aromatic nitrogens is 3. The summed E-state index contributed by atoms with van der Waals surface area (Å²) >= 11 is 3.46. The lowest BCUT2D eigenvalue weighted by Gasteiger charge is -2.26. The Morgan fingerprint density at radius 1 is 1.16 bits per heavy atom. The largest absolute Gasteiger partial charge is 0.366 e. The van der Waals surface area contributed by atoms with Gasteiger partial charge in [-0.05, 0) is 65.0 Å². The molecule has 0 atom stereocenters. The van der Waals surface area contributed by atoms with E-state index in [0.717, 1.165) is 22.9 Å². The molecule has 0 unspecified atom stereocenters. The van der Waals surface area contributed by atoms with Crippen LogP contribution in [0.4, 0.5) is 10.2 Å². The molecule has 32 heavy (non-hydrogen) atoms. The quantitative estimate of drug-likeness (QED) is 0.387. The highest BCUT2D eigenvalue weighted by molar-refractivity contribution is 9.10. The zero-order valence-electron chi connectivity index (χ0n) is 17.2. The molecule has 1 aliphatic carbocycles. The topological polar surface area (TPSA) is 71.3 Å². The minimum Gasteiger partial charge on any atom is -0.366 e. The van der Waals surface area contributed by atoms with Crippen LogP contribution in [0.2, 0.25) is 0 Å². The highest BCUT2D eigenvalue weighted by Crippen LogP contribution is 2.27. The monoisotopic (exact) mass is 493 g/mol. The molecule has 0 aliphatic heterocycles. The van der Waals surface area contributed by atoms with E-state index in [1.54, 1.807) is 35.0 Å². The van der Waals surface area contributed by atoms with E-state index >= 15 is 0 Å². The molecule has 8 heteroatoms. The van der Waals surface area contributed by atoms with Gasteiger partial charge in [-0.15, -0.1) is 0 Å². The fourth-order valence-electron chi connectivity index (χ4n) is 3.66. The van der Waals surface area contributed by atoms with Crippen molar-refractivity contribution in [3.05, 3.63) is 82.2 Å². The first-order valence-corrected chi connectivity index (χ1v) is 11.3. The highest BCUT2D eigenvalue weighted by atomic mass is 79.9. The maximum atomic E-state index is 14.4. The number of anilines is 1. The van der Waals surface area contributed by atoms with Crippen molar-refractivity contribution < 1.29 is 9.18 Å². The standard InChI is InChI=1S/C24H21BrFN5O/c25-19-14-28-31-22(12-21(30-23(19)31)18-6-1-2-7-20(18)26)27-13-15-8-10-16(11-9-15)24(32)29-17-4-3-5-17/h1-2,6-12,14,17,27H,3-5,13H2,(H,29,32). The van der Waals surface area contributed by atoms with Crippen LogP contribution in [0.25, 0.3) is 16.9 Å². The lowest BCUT2D eigenvalue weighted by molar-refractivity contribution is 0.0917. The van der Waals surface area contributed by atoms with Crippen LogP contribution in [0, 0.1) is 5.82 Å². The molecule has 0 bridgehead atoms. The number of carbonyl (C=O) groups is 1. The minimum absolute atomic E-state index is 0.0269. The number of amides is 1. The second-order valence-corrected chi connectivity index (χ2v) is 8.74. The normalized spacial score (nSPS) is 13.7. The smallest absolute Gasteiger partial charge is 0.251 e. The second-order valence-electron chi connectivity index (χ2n) is 7.89. The number of benzene rings is 2. The lowest BCUT2D eigenvalue weighted by Crippen LogP contribution is -2.39. The van der Waals surface area contributed by atoms with Gasteiger partial charge >= 0.3 is 0 Å². The third-order valence-corrected chi connectivity index (χ3v) is 6.27. The van der Waals surface area contributed by atoms with Gasteiger partial charge in [0.1, 0.15) is 11.6 Å². The van der Waals surface area contributed by atoms with E-state index in [9.17, 15) is 9.18 Å². The Bertz CT molecular complexity index is 1280. The van der Waals surface area contributed by atoms with Gasteiger partial charge in [-0.25, -0.2) is 9.37 Å². The van der Waals surface area contributed by atoms with Crippen molar-refractivity contribution in [2.75, 3.05) is 5.32 Å². The Kier molecular flexibility index (Phi) is 5.61. The van der Waals surface area contributed by atoms with Crippen LogP contribution in [-0.2, 0) is 6.54 Å². The van der Waals surface area contributed by atoms with E-state index in [1.165, 1.54) is 12.5 Å². The average molecular weight is 494 g/mol. The third-order valence-electron chi connectivity index (χ3n) is 5.71. The number of nitrogens with zero attached hydrogens (tertiary/aromatic N) is 3. The van der Waals surface area contributed by atoms with Crippen molar-refractivity contribution in [1.29, 1.82) is 0 Å². The first-order valence-electron chi connectivity index (χ1n) is 10.5. The van der Waals surface area contributed by atoms with E-state index in [0.29, 0.717) is 40.9 Å². The number of hydrogen-bond donors (Lipinski definition) is 2. The summed E-state index contributed by atoms with van der Waals surface area (Å²) in [5, 5.41) is 10.8. The fraction of sp³-hybridized carbons (Fsp3) is 0.208. The van der Waals surface area contributed by atoms with E-state index in [-0.39, 0.29) is 11.7 Å². The molecule has 1 aliphatic rings. The van der Waals surface area contributed by atoms with Crippen LogP contribution in [-0.4, -0.2) is 26.5 Å². The Morgan fingerprint density at radius 2 is 1.94 bits per heavy atom. The zero-order valence-corrected chi connectivity index (χ0v) is 18.8. The molecule has 5 rings (SSSR count). The van der Waals surface area contributed by atoms with E-state index < -0.39 is 0 Å². The van der Waals surface area contributed by atoms with Crippen LogP contribution in [0.3, 0.4) is 0 Å². The average Bonchev–Trinajstić information content (AvgIpc) is 3.16. The molecule has 0 radical (unpaired) electrons. The van der Waals surface area contributed by atoms with Gasteiger partial charge in [0.2, 0.25) is 0 Å². The molecule has 1 amide bonds. The van der Waals surface area contributed by atoms with Crippen molar-refractivity contribution in [2.45, 2.75) is 31.8 Å². The predicted octanol–water partition coefficient (Wildman–Crippen LogP) is 5.19. The molecule has 2 aromatic carbocycles. The van der Waals surface area contributed by atoms with Crippen LogP contribution < -0.4 is 10.6 Å².